The molecule has 114 heavy (non-hydrogen) atoms. The molecule has 0 aliphatic rings. The molecule has 12 atom stereocenters. The fraction of sp³-hybridized carbons (Fsp3) is 0.663. The number of fused-ring (bicyclic) bond motifs is 1. The summed E-state index contributed by atoms with van der Waals surface area (Å²) in [6, 6.07) is 0.349. The Hall–Kier alpha value is -9.36. The molecule has 0 fully saturated rings. The van der Waals surface area contributed by atoms with E-state index in [-0.39, 0.29) is 70.3 Å². The van der Waals surface area contributed by atoms with E-state index in [0.29, 0.717) is 59.2 Å². The van der Waals surface area contributed by atoms with E-state index in [4.69, 9.17) is 17.2 Å². The highest BCUT2D eigenvalue weighted by atomic mass is 16.4. The second kappa shape index (κ2) is 53.7. The highest BCUT2D eigenvalue weighted by Gasteiger charge is 2.42. The highest BCUT2D eigenvalue weighted by Crippen LogP contribution is 2.23. The third-order valence-corrected chi connectivity index (χ3v) is 20.2. The van der Waals surface area contributed by atoms with E-state index >= 15 is 19.2 Å². The lowest BCUT2D eigenvalue weighted by Gasteiger charge is -2.34. The van der Waals surface area contributed by atoms with Crippen molar-refractivity contribution in [1.29, 1.82) is 0 Å². The van der Waals surface area contributed by atoms with E-state index in [1.54, 1.807) is 90.2 Å². The van der Waals surface area contributed by atoms with Crippen LogP contribution in [0.1, 0.15) is 241 Å². The number of hydrogen-bond acceptors (Lipinski definition) is 17. The van der Waals surface area contributed by atoms with Gasteiger partial charge in [-0.2, -0.15) is 0 Å². The number of unbranched alkanes of at least 4 members (excludes halogenated alkanes) is 14. The Kier molecular flexibility index (Phi) is 46.5. The van der Waals surface area contributed by atoms with Gasteiger partial charge in [0, 0.05) is 42.8 Å². The van der Waals surface area contributed by atoms with Gasteiger partial charge in [-0.25, -0.2) is 0 Å². The highest BCUT2D eigenvalue weighted by molar-refractivity contribution is 6.05. The quantitative estimate of drug-likeness (QED) is 0.0305. The summed E-state index contributed by atoms with van der Waals surface area (Å²) in [5, 5.41) is 47.0. The third-order valence-electron chi connectivity index (χ3n) is 20.2. The standard InChI is InChI=1S/C83H135N15O16/c1-12-14-15-16-17-18-19-20-21-22-23-24-28-41-67(99)98(83(114)62(40-32-34-45-85)91-81(112)70(52(5)6)95-73(104)55(10)86)66(42-43-68(100)101)79(110)94-64(47-57-35-26-25-27-36-57)78(109)97-72(54(9)13-2)82(113)89-56(11)74(105)92-65(48-58-49-87-60-38-30-29-37-59(58)60)76(107)93-63(46-51(3)4)77(108)96-71(53(7)8)80(111)90-61(39-31-33-44-84)75(106)88-50-69(102)103/h25-27,29-30,35-38,49,51-56,61-66,70-72,87H,12-24,28,31-34,39-48,50,84-86H2,1-11H3,(H,88,106)(H,89,113)(H,90,111)(H,91,112)(H,92,105)(H,93,107)(H,94,110)(H,95,104)(H,96,108)(H,97,109)(H,100,101)(H,102,103)/t54-,55-,56-,61-,62-,63-,64-,65-,66-,70-,71-,72-/m0/s1. The molecule has 31 heteroatoms. The summed E-state index contributed by atoms with van der Waals surface area (Å²) < 4.78 is 0. The van der Waals surface area contributed by atoms with Gasteiger partial charge in [0.2, 0.25) is 65.0 Å². The molecule has 19 N–H and O–H groups in total. The topological polar surface area (TPSA) is 497 Å². The van der Waals surface area contributed by atoms with E-state index < -0.39 is 186 Å². The molecule has 1 heterocycles. The van der Waals surface area contributed by atoms with E-state index in [2.05, 4.69) is 65.1 Å². The maximum Gasteiger partial charge on any atom is 0.322 e. The van der Waals surface area contributed by atoms with Crippen LogP contribution < -0.4 is 70.4 Å². The first-order valence-corrected chi connectivity index (χ1v) is 41.2. The maximum absolute atomic E-state index is 15.5. The number of nitrogens with zero attached hydrogens (tertiary/aromatic N) is 1. The number of aromatic nitrogens is 1. The zero-order valence-corrected chi connectivity index (χ0v) is 69.2. The van der Waals surface area contributed by atoms with Crippen molar-refractivity contribution < 1.29 is 77.3 Å². The molecule has 3 rings (SSSR count). The van der Waals surface area contributed by atoms with Gasteiger partial charge in [0.15, 0.2) is 0 Å². The summed E-state index contributed by atoms with van der Waals surface area (Å²) in [5.74, 6) is -14.9. The van der Waals surface area contributed by atoms with Crippen LogP contribution in [0.5, 0.6) is 0 Å². The number of carboxylic acid groups (broad SMARTS) is 2. The second-order valence-electron chi connectivity index (χ2n) is 31.3. The lowest BCUT2D eigenvalue weighted by atomic mass is 9.96. The smallest absolute Gasteiger partial charge is 0.322 e. The van der Waals surface area contributed by atoms with Gasteiger partial charge in [-0.05, 0) is 126 Å². The number of amides is 12. The molecule has 638 valence electrons. The first-order chi connectivity index (χ1) is 54.2. The van der Waals surface area contributed by atoms with Crippen LogP contribution in [-0.4, -0.2) is 189 Å². The van der Waals surface area contributed by atoms with Gasteiger partial charge in [0.05, 0.1) is 6.04 Å². The van der Waals surface area contributed by atoms with Crippen molar-refractivity contribution in [2.75, 3.05) is 19.6 Å². The molecule has 31 nitrogen and oxygen atoms in total. The fourth-order valence-corrected chi connectivity index (χ4v) is 13.3. The minimum absolute atomic E-state index is 0.0426. The van der Waals surface area contributed by atoms with Crippen LogP contribution in [0.3, 0.4) is 0 Å². The number of hydrogen-bond donors (Lipinski definition) is 16. The van der Waals surface area contributed by atoms with Crippen LogP contribution >= 0.6 is 0 Å². The van der Waals surface area contributed by atoms with Crippen molar-refractivity contribution in [1.82, 2.24) is 63.1 Å². The van der Waals surface area contributed by atoms with Gasteiger partial charge in [0.1, 0.15) is 67.0 Å². The Bertz CT molecular complexity index is 3530. The molecule has 0 radical (unpaired) electrons. The predicted molar refractivity (Wildman–Crippen MR) is 437 cm³/mol. The fourth-order valence-electron chi connectivity index (χ4n) is 13.3. The SMILES string of the molecule is CCCCCCCCCCCCCCCC(=O)N(C(=O)[C@H](CCCCN)NC(=O)[C@@H](NC(=O)[C@H](C)N)C(C)C)[C@@H](CCC(=O)O)C(=O)N[C@@H](Cc1ccccc1)C(=O)N[C@H](C(=O)N[C@@H](C)C(=O)N[C@@H](Cc1c[nH]c2ccccc12)C(=O)N[C@@H](CC(C)C)C(=O)N[C@H](C(=O)N[C@@H](CCCCN)C(=O)NCC(=O)O)C(C)C)[C@@H](C)CC. The molecule has 0 unspecified atom stereocenters. The average molecular weight is 1600 g/mol. The largest absolute Gasteiger partial charge is 0.481 e. The van der Waals surface area contributed by atoms with Crippen molar-refractivity contribution in [2.45, 2.75) is 310 Å². The molecular formula is C83H135N15O16. The number of carboxylic acids is 2. The van der Waals surface area contributed by atoms with E-state index in [0.717, 1.165) is 38.5 Å². The van der Waals surface area contributed by atoms with E-state index in [1.807, 2.05) is 26.0 Å². The van der Waals surface area contributed by atoms with Crippen molar-refractivity contribution in [3.63, 3.8) is 0 Å². The Morgan fingerprint density at radius 1 is 0.439 bits per heavy atom. The molecule has 1 aromatic heterocycles. The summed E-state index contributed by atoms with van der Waals surface area (Å²) in [6.07, 6.45) is 14.4. The first-order valence-electron chi connectivity index (χ1n) is 41.2. The number of aromatic amines is 1. The molecule has 12 amide bonds. The first kappa shape index (κ1) is 98.8. The molecule has 0 saturated heterocycles. The lowest BCUT2D eigenvalue weighted by Crippen LogP contribution is -2.63. The third kappa shape index (κ3) is 36.0. The summed E-state index contributed by atoms with van der Waals surface area (Å²) in [6.45, 7) is 18.5. The number of benzene rings is 2. The number of nitrogens with two attached hydrogens (primary N) is 3. The monoisotopic (exact) mass is 1600 g/mol. The Balaban J connectivity index is 2.09. The van der Waals surface area contributed by atoms with Crippen molar-refractivity contribution in [2.24, 2.45) is 40.9 Å². The van der Waals surface area contributed by atoms with Crippen LogP contribution in [-0.2, 0) is 80.0 Å². The maximum atomic E-state index is 15.5. The zero-order chi connectivity index (χ0) is 85.0. The number of carbonyl (C=O) groups excluding carboxylic acids is 12. The van der Waals surface area contributed by atoms with Gasteiger partial charge in [-0.3, -0.25) is 72.0 Å². The summed E-state index contributed by atoms with van der Waals surface area (Å²) >= 11 is 0. The Labute approximate surface area is 673 Å². The molecular weight excluding hydrogens is 1460 g/mol. The summed E-state index contributed by atoms with van der Waals surface area (Å²) in [5.41, 5.74) is 19.3. The van der Waals surface area contributed by atoms with Crippen LogP contribution in [0.25, 0.3) is 10.9 Å². The average Bonchev–Trinajstić information content (AvgIpc) is 1.14. The number of para-hydroxylation sites is 1. The van der Waals surface area contributed by atoms with Gasteiger partial charge < -0.3 is 85.6 Å². The van der Waals surface area contributed by atoms with Crippen LogP contribution in [0.15, 0.2) is 60.8 Å². The number of H-pyrrole nitrogens is 1. The van der Waals surface area contributed by atoms with E-state index in [9.17, 15) is 58.2 Å². The van der Waals surface area contributed by atoms with Crippen LogP contribution in [0.4, 0.5) is 0 Å². The van der Waals surface area contributed by atoms with Crippen molar-refractivity contribution in [3.8, 4) is 0 Å². The predicted octanol–water partition coefficient (Wildman–Crippen LogP) is 5.62. The van der Waals surface area contributed by atoms with Crippen molar-refractivity contribution in [3.05, 3.63) is 71.9 Å². The summed E-state index contributed by atoms with van der Waals surface area (Å²) in [4.78, 5) is 202. The number of aliphatic carboxylic acids is 2. The van der Waals surface area contributed by atoms with Crippen LogP contribution in [0.2, 0.25) is 0 Å². The van der Waals surface area contributed by atoms with Gasteiger partial charge in [-0.1, -0.05) is 194 Å². The molecule has 3 aromatic rings. The molecule has 0 aliphatic heterocycles. The van der Waals surface area contributed by atoms with Gasteiger partial charge in [-0.15, -0.1) is 0 Å². The molecule has 2 aromatic carbocycles. The molecule has 0 bridgehead atoms. The van der Waals surface area contributed by atoms with Gasteiger partial charge in [0.25, 0.3) is 5.91 Å². The number of nitrogens with one attached hydrogen (secondary N) is 11. The number of imide groups is 1. The van der Waals surface area contributed by atoms with E-state index in [1.165, 1.54) is 46.0 Å². The second-order valence-corrected chi connectivity index (χ2v) is 31.3. The molecule has 0 spiro atoms. The lowest BCUT2D eigenvalue weighted by molar-refractivity contribution is -0.155. The number of carbonyl (C=O) groups is 14. The minimum Gasteiger partial charge on any atom is -0.481 e. The number of rotatable bonds is 58. The Morgan fingerprint density at radius 3 is 1.45 bits per heavy atom. The molecule has 0 aliphatic carbocycles. The summed E-state index contributed by atoms with van der Waals surface area (Å²) in [7, 11) is 0. The van der Waals surface area contributed by atoms with Crippen LogP contribution in [0, 0.1) is 23.7 Å². The van der Waals surface area contributed by atoms with Crippen molar-refractivity contribution >= 4 is 93.7 Å². The van der Waals surface area contributed by atoms with Gasteiger partial charge >= 0.3 is 11.9 Å². The normalized spacial score (nSPS) is 14.6. The zero-order valence-electron chi connectivity index (χ0n) is 69.2. The molecule has 0 saturated carbocycles. The minimum atomic E-state index is -1.90. The Morgan fingerprint density at radius 2 is 0.912 bits per heavy atom.